The smallest absolute Gasteiger partial charge is 0.408 e. The highest BCUT2D eigenvalue weighted by molar-refractivity contribution is 5.85. The predicted octanol–water partition coefficient (Wildman–Crippen LogP) is 0.908. The van der Waals surface area contributed by atoms with E-state index in [1.54, 1.807) is 12.3 Å². The Bertz CT molecular complexity index is 350. The normalized spacial score (nSPS) is 9.80. The first-order valence-corrected chi connectivity index (χ1v) is 4.93. The fourth-order valence-electron chi connectivity index (χ4n) is 1.16. The van der Waals surface area contributed by atoms with E-state index in [1.807, 2.05) is 19.9 Å². The van der Waals surface area contributed by atoms with Crippen LogP contribution in [0.15, 0.2) is 18.3 Å². The lowest BCUT2D eigenvalue weighted by atomic mass is 10.3. The van der Waals surface area contributed by atoms with Gasteiger partial charge in [0.15, 0.2) is 0 Å². The van der Waals surface area contributed by atoms with E-state index >= 15 is 0 Å². The van der Waals surface area contributed by atoms with Crippen LogP contribution in [0.25, 0.3) is 0 Å². The highest BCUT2D eigenvalue weighted by Gasteiger charge is 2.22. The van der Waals surface area contributed by atoms with Crippen LogP contribution < -0.4 is 9.57 Å². The Morgan fingerprint density at radius 3 is 2.80 bits per heavy atom. The van der Waals surface area contributed by atoms with Gasteiger partial charge in [0, 0.05) is 16.4 Å². The van der Waals surface area contributed by atoms with E-state index in [2.05, 4.69) is 0 Å². The van der Waals surface area contributed by atoms with Gasteiger partial charge in [0.2, 0.25) is 6.20 Å². The molecule has 0 bridgehead atoms. The Hall–Kier alpha value is -1.58. The van der Waals surface area contributed by atoms with Crippen molar-refractivity contribution in [2.45, 2.75) is 20.3 Å². The molecule has 0 aliphatic heterocycles. The molecule has 15 heavy (non-hydrogen) atoms. The molecule has 4 nitrogen and oxygen atoms in total. The third-order valence-electron chi connectivity index (χ3n) is 1.91. The van der Waals surface area contributed by atoms with Crippen molar-refractivity contribution in [3.63, 3.8) is 0 Å². The first-order valence-electron chi connectivity index (χ1n) is 4.93. The van der Waals surface area contributed by atoms with Crippen molar-refractivity contribution in [2.24, 2.45) is 0 Å². The van der Waals surface area contributed by atoms with E-state index in [9.17, 15) is 4.79 Å². The number of nitrogens with zero attached hydrogens (tertiary/aromatic N) is 1. The number of ether oxygens (including phenoxy) is 1. The second-order valence-electron chi connectivity index (χ2n) is 3.24. The number of carbonyl (C=O) groups excluding carboxylic acids is 1. The Balaban J connectivity index is 2.87. The van der Waals surface area contributed by atoms with Crippen LogP contribution in [0.1, 0.15) is 29.4 Å². The van der Waals surface area contributed by atoms with Gasteiger partial charge in [-0.05, 0) is 19.4 Å². The molecule has 0 aliphatic carbocycles. The zero-order valence-corrected chi connectivity index (χ0v) is 9.32. The van der Waals surface area contributed by atoms with Gasteiger partial charge in [-0.25, -0.2) is 4.79 Å². The maximum absolute atomic E-state index is 11.6. The average Bonchev–Trinajstić information content (AvgIpc) is 2.25. The molecular weight excluding hydrogens is 194 g/mol. The van der Waals surface area contributed by atoms with E-state index in [0.29, 0.717) is 12.3 Å². The summed E-state index contributed by atoms with van der Waals surface area (Å²) in [6, 6.07) is 3.54. The number of carbonyl (C=O) groups is 1. The molecule has 0 saturated heterocycles. The molecule has 0 saturated carbocycles. The van der Waals surface area contributed by atoms with Crippen LogP contribution in [0.2, 0.25) is 0 Å². The number of rotatable bonds is 4. The summed E-state index contributed by atoms with van der Waals surface area (Å²) < 4.78 is 6.43. The van der Waals surface area contributed by atoms with Crippen molar-refractivity contribution in [1.29, 1.82) is 0 Å². The molecule has 82 valence electrons. The Morgan fingerprint density at radius 1 is 1.47 bits per heavy atom. The minimum Gasteiger partial charge on any atom is -0.458 e. The van der Waals surface area contributed by atoms with E-state index in [0.717, 1.165) is 12.0 Å². The monoisotopic (exact) mass is 210 g/mol. The maximum atomic E-state index is 11.6. The minimum atomic E-state index is -0.362. The van der Waals surface area contributed by atoms with Crippen LogP contribution in [0.3, 0.4) is 0 Å². The quantitative estimate of drug-likeness (QED) is 0.547. The van der Waals surface area contributed by atoms with Crippen molar-refractivity contribution in [2.75, 3.05) is 13.7 Å². The van der Waals surface area contributed by atoms with Gasteiger partial charge in [0.1, 0.15) is 7.11 Å². The zero-order chi connectivity index (χ0) is 11.3. The van der Waals surface area contributed by atoms with Gasteiger partial charge in [0.05, 0.1) is 6.61 Å². The van der Waals surface area contributed by atoms with Gasteiger partial charge >= 0.3 is 11.7 Å². The first-order chi connectivity index (χ1) is 7.19. The van der Waals surface area contributed by atoms with Crippen LogP contribution in [-0.2, 0) is 4.74 Å². The van der Waals surface area contributed by atoms with Gasteiger partial charge < -0.3 is 4.74 Å². The van der Waals surface area contributed by atoms with Gasteiger partial charge in [-0.3, -0.25) is 4.84 Å². The summed E-state index contributed by atoms with van der Waals surface area (Å²) in [4.78, 5) is 16.6. The van der Waals surface area contributed by atoms with Gasteiger partial charge in [-0.1, -0.05) is 6.92 Å². The van der Waals surface area contributed by atoms with Crippen LogP contribution in [-0.4, -0.2) is 19.7 Å². The maximum Gasteiger partial charge on any atom is 0.408 e. The minimum absolute atomic E-state index is 0.362. The summed E-state index contributed by atoms with van der Waals surface area (Å²) in [5.41, 5.74) is 1.42. The van der Waals surface area contributed by atoms with Crippen LogP contribution >= 0.6 is 0 Å². The summed E-state index contributed by atoms with van der Waals surface area (Å²) >= 11 is 0. The fourth-order valence-corrected chi connectivity index (χ4v) is 1.16. The molecule has 1 aromatic heterocycles. The van der Waals surface area contributed by atoms with E-state index in [-0.39, 0.29) is 5.97 Å². The lowest BCUT2D eigenvalue weighted by Crippen LogP contribution is -2.46. The molecule has 0 spiro atoms. The van der Waals surface area contributed by atoms with Crippen LogP contribution in [0, 0.1) is 6.92 Å². The third-order valence-corrected chi connectivity index (χ3v) is 1.91. The second-order valence-corrected chi connectivity index (χ2v) is 3.24. The molecule has 4 heteroatoms. The summed E-state index contributed by atoms with van der Waals surface area (Å²) in [5.74, 6) is -0.362. The molecule has 0 radical (unpaired) electrons. The number of pyridine rings is 1. The molecule has 0 aromatic carbocycles. The lowest BCUT2D eigenvalue weighted by molar-refractivity contribution is -0.887. The average molecular weight is 210 g/mol. The Morgan fingerprint density at radius 2 is 2.20 bits per heavy atom. The van der Waals surface area contributed by atoms with Gasteiger partial charge in [0.25, 0.3) is 0 Å². The molecule has 1 rings (SSSR count). The SMILES string of the molecule is CCCOC(=O)c1ccc(C)c[n+]1OC. The molecule has 1 heterocycles. The molecule has 0 unspecified atom stereocenters. The lowest BCUT2D eigenvalue weighted by Gasteiger charge is -2.01. The number of esters is 1. The first kappa shape index (κ1) is 11.5. The van der Waals surface area contributed by atoms with Crippen molar-refractivity contribution in [3.05, 3.63) is 29.6 Å². The van der Waals surface area contributed by atoms with Crippen molar-refractivity contribution < 1.29 is 19.1 Å². The van der Waals surface area contributed by atoms with Crippen LogP contribution in [0.4, 0.5) is 0 Å². The Kier molecular flexibility index (Phi) is 4.09. The fraction of sp³-hybridized carbons (Fsp3) is 0.455. The molecular formula is C11H16NO3+. The highest BCUT2D eigenvalue weighted by atomic mass is 16.6. The predicted molar refractivity (Wildman–Crippen MR) is 54.5 cm³/mol. The highest BCUT2D eigenvalue weighted by Crippen LogP contribution is 1.99. The van der Waals surface area contributed by atoms with E-state index in [1.165, 1.54) is 11.8 Å². The summed E-state index contributed by atoms with van der Waals surface area (Å²) in [6.45, 7) is 4.31. The number of aromatic nitrogens is 1. The second kappa shape index (κ2) is 5.34. The van der Waals surface area contributed by atoms with E-state index in [4.69, 9.17) is 9.57 Å². The van der Waals surface area contributed by atoms with Crippen molar-refractivity contribution >= 4 is 5.97 Å². The zero-order valence-electron chi connectivity index (χ0n) is 9.32. The number of hydrogen-bond acceptors (Lipinski definition) is 3. The van der Waals surface area contributed by atoms with E-state index < -0.39 is 0 Å². The van der Waals surface area contributed by atoms with Gasteiger partial charge in [-0.2, -0.15) is 0 Å². The van der Waals surface area contributed by atoms with Gasteiger partial charge in [-0.15, -0.1) is 0 Å². The van der Waals surface area contributed by atoms with Crippen molar-refractivity contribution in [1.82, 2.24) is 0 Å². The van der Waals surface area contributed by atoms with Crippen molar-refractivity contribution in [3.8, 4) is 0 Å². The summed E-state index contributed by atoms with van der Waals surface area (Å²) in [5, 5.41) is 0. The number of aryl methyl sites for hydroxylation is 1. The summed E-state index contributed by atoms with van der Waals surface area (Å²) in [6.07, 6.45) is 2.55. The molecule has 0 fully saturated rings. The molecule has 1 aromatic rings. The standard InChI is InChI=1S/C11H16NO3/c1-4-7-15-11(13)10-6-5-9(2)8-12(10)14-3/h5-6,8H,4,7H2,1-3H3/q+1. The third kappa shape index (κ3) is 2.94. The largest absolute Gasteiger partial charge is 0.458 e. The Labute approximate surface area is 89.4 Å². The van der Waals surface area contributed by atoms with Crippen LogP contribution in [0.5, 0.6) is 0 Å². The molecule has 0 aliphatic rings. The topological polar surface area (TPSA) is 39.4 Å². The molecule has 0 N–H and O–H groups in total. The summed E-state index contributed by atoms with van der Waals surface area (Å²) in [7, 11) is 1.51. The molecule has 0 atom stereocenters. The molecule has 0 amide bonds. The number of hydrogen-bond donors (Lipinski definition) is 0.